The van der Waals surface area contributed by atoms with Gasteiger partial charge in [-0.15, -0.1) is 0 Å². The number of carbonyl (C=O) groups is 2. The van der Waals surface area contributed by atoms with Gasteiger partial charge in [0, 0.05) is 26.2 Å². The summed E-state index contributed by atoms with van der Waals surface area (Å²) in [7, 11) is 0. The van der Waals surface area contributed by atoms with Gasteiger partial charge in [-0.1, -0.05) is 12.1 Å². The highest BCUT2D eigenvalue weighted by molar-refractivity contribution is 5.89. The van der Waals surface area contributed by atoms with Crippen LogP contribution >= 0.6 is 0 Å². The number of amides is 1. The number of carbonyl (C=O) groups excluding carboxylic acids is 1. The molecule has 2 atom stereocenters. The molecule has 0 spiro atoms. The maximum absolute atomic E-state index is 12.2. The monoisotopic (exact) mass is 290 g/mol. The van der Waals surface area contributed by atoms with Crippen LogP contribution in [0.5, 0.6) is 5.75 Å². The zero-order chi connectivity index (χ0) is 15.0. The molecule has 1 saturated heterocycles. The number of hydrogen-bond acceptors (Lipinski definition) is 4. The lowest BCUT2D eigenvalue weighted by atomic mass is 10.2. The number of aromatic hydroxyl groups is 1. The average molecular weight is 290 g/mol. The fourth-order valence-electron chi connectivity index (χ4n) is 2.87. The van der Waals surface area contributed by atoms with Crippen LogP contribution in [0.3, 0.4) is 0 Å². The first-order valence-corrected chi connectivity index (χ1v) is 7.12. The molecule has 2 aliphatic rings. The zero-order valence-electron chi connectivity index (χ0n) is 11.6. The quantitative estimate of drug-likeness (QED) is 0.859. The van der Waals surface area contributed by atoms with Crippen LogP contribution in [0.4, 0.5) is 5.69 Å². The summed E-state index contributed by atoms with van der Waals surface area (Å²) in [6.07, 6.45) is 0.466. The van der Waals surface area contributed by atoms with E-state index in [1.807, 2.05) is 17.0 Å². The van der Waals surface area contributed by atoms with E-state index in [1.54, 1.807) is 17.0 Å². The van der Waals surface area contributed by atoms with Gasteiger partial charge in [0.05, 0.1) is 17.5 Å². The first kappa shape index (κ1) is 13.7. The predicted molar refractivity (Wildman–Crippen MR) is 76.1 cm³/mol. The van der Waals surface area contributed by atoms with Gasteiger partial charge in [0.1, 0.15) is 5.75 Å². The molecule has 0 unspecified atom stereocenters. The topological polar surface area (TPSA) is 81.1 Å². The van der Waals surface area contributed by atoms with Gasteiger partial charge in [-0.25, -0.2) is 0 Å². The van der Waals surface area contributed by atoms with Crippen LogP contribution in [0, 0.1) is 11.8 Å². The molecule has 0 radical (unpaired) electrons. The number of hydrogen-bond donors (Lipinski definition) is 2. The van der Waals surface area contributed by atoms with Crippen molar-refractivity contribution in [1.29, 1.82) is 0 Å². The van der Waals surface area contributed by atoms with Gasteiger partial charge in [0.15, 0.2) is 0 Å². The van der Waals surface area contributed by atoms with Crippen molar-refractivity contribution in [1.82, 2.24) is 4.90 Å². The molecule has 1 saturated carbocycles. The number of rotatable bonds is 3. The van der Waals surface area contributed by atoms with E-state index in [4.69, 9.17) is 5.11 Å². The summed E-state index contributed by atoms with van der Waals surface area (Å²) in [4.78, 5) is 26.8. The summed E-state index contributed by atoms with van der Waals surface area (Å²) >= 11 is 0. The highest BCUT2D eigenvalue weighted by Crippen LogP contribution is 2.40. The third kappa shape index (κ3) is 2.66. The van der Waals surface area contributed by atoms with Crippen LogP contribution in [-0.2, 0) is 9.59 Å². The highest BCUT2D eigenvalue weighted by atomic mass is 16.4. The standard InChI is InChI=1S/C15H18N2O4/c18-13-4-2-1-3-12(13)16-5-7-17(8-6-16)14(19)10-9-11(10)15(20)21/h1-4,10-11,18H,5-9H2,(H,20,21)/t10-,11+/m1/s1. The van der Waals surface area contributed by atoms with E-state index in [-0.39, 0.29) is 17.6 Å². The Bertz CT molecular complexity index is 567. The fraction of sp³-hybridized carbons (Fsp3) is 0.467. The average Bonchev–Trinajstić information content (AvgIpc) is 3.28. The molecule has 1 aromatic carbocycles. The maximum Gasteiger partial charge on any atom is 0.307 e. The van der Waals surface area contributed by atoms with Crippen LogP contribution < -0.4 is 4.90 Å². The lowest BCUT2D eigenvalue weighted by Crippen LogP contribution is -2.49. The molecule has 2 fully saturated rings. The van der Waals surface area contributed by atoms with E-state index >= 15 is 0 Å². The Labute approximate surface area is 122 Å². The molecule has 6 nitrogen and oxygen atoms in total. The number of phenols is 1. The lowest BCUT2D eigenvalue weighted by molar-refractivity contribution is -0.142. The minimum Gasteiger partial charge on any atom is -0.506 e. The van der Waals surface area contributed by atoms with Gasteiger partial charge in [-0.2, -0.15) is 0 Å². The Balaban J connectivity index is 1.57. The Morgan fingerprint density at radius 2 is 1.71 bits per heavy atom. The second-order valence-electron chi connectivity index (χ2n) is 5.59. The highest BCUT2D eigenvalue weighted by Gasteiger charge is 2.50. The van der Waals surface area contributed by atoms with Crippen molar-refractivity contribution in [3.8, 4) is 5.75 Å². The molecule has 1 amide bonds. The van der Waals surface area contributed by atoms with E-state index in [2.05, 4.69) is 0 Å². The smallest absolute Gasteiger partial charge is 0.307 e. The summed E-state index contributed by atoms with van der Waals surface area (Å²) in [5.41, 5.74) is 0.777. The number of aliphatic carboxylic acids is 1. The molecule has 1 aromatic rings. The molecule has 21 heavy (non-hydrogen) atoms. The zero-order valence-corrected chi connectivity index (χ0v) is 11.6. The molecular formula is C15H18N2O4. The maximum atomic E-state index is 12.2. The van der Waals surface area contributed by atoms with E-state index < -0.39 is 11.9 Å². The van der Waals surface area contributed by atoms with Crippen molar-refractivity contribution in [3.05, 3.63) is 24.3 Å². The van der Waals surface area contributed by atoms with Crippen molar-refractivity contribution in [2.24, 2.45) is 11.8 Å². The second-order valence-corrected chi connectivity index (χ2v) is 5.59. The summed E-state index contributed by atoms with van der Waals surface area (Å²) in [6.45, 7) is 2.42. The Kier molecular flexibility index (Phi) is 3.45. The SMILES string of the molecule is O=C(O)[C@H]1C[C@H]1C(=O)N1CCN(c2ccccc2O)CC1. The molecule has 2 N–H and O–H groups in total. The van der Waals surface area contributed by atoms with Crippen LogP contribution in [0.2, 0.25) is 0 Å². The fourth-order valence-corrected chi connectivity index (χ4v) is 2.87. The molecule has 0 aromatic heterocycles. The molecule has 0 bridgehead atoms. The molecular weight excluding hydrogens is 272 g/mol. The largest absolute Gasteiger partial charge is 0.506 e. The van der Waals surface area contributed by atoms with Crippen LogP contribution in [0.25, 0.3) is 0 Å². The van der Waals surface area contributed by atoms with Crippen molar-refractivity contribution < 1.29 is 19.8 Å². The van der Waals surface area contributed by atoms with Crippen LogP contribution in [-0.4, -0.2) is 53.2 Å². The Hall–Kier alpha value is -2.24. The van der Waals surface area contributed by atoms with Crippen LogP contribution in [0.15, 0.2) is 24.3 Å². The molecule has 6 heteroatoms. The van der Waals surface area contributed by atoms with Gasteiger partial charge in [0.25, 0.3) is 0 Å². The third-order valence-corrected chi connectivity index (χ3v) is 4.24. The number of para-hydroxylation sites is 2. The third-order valence-electron chi connectivity index (χ3n) is 4.24. The Morgan fingerprint density at radius 3 is 2.29 bits per heavy atom. The number of anilines is 1. The first-order valence-electron chi connectivity index (χ1n) is 7.12. The summed E-state index contributed by atoms with van der Waals surface area (Å²) in [6, 6.07) is 7.15. The minimum absolute atomic E-state index is 0.0423. The summed E-state index contributed by atoms with van der Waals surface area (Å²) in [5.74, 6) is -1.50. The second kappa shape index (κ2) is 5.27. The predicted octanol–water partition coefficient (Wildman–Crippen LogP) is 0.761. The van der Waals surface area contributed by atoms with Gasteiger partial charge < -0.3 is 20.0 Å². The summed E-state index contributed by atoms with van der Waals surface area (Å²) in [5, 5.41) is 18.7. The number of nitrogens with zero attached hydrogens (tertiary/aromatic N) is 2. The number of carboxylic acid groups (broad SMARTS) is 1. The molecule has 1 aliphatic heterocycles. The number of phenolic OH excluding ortho intramolecular Hbond substituents is 1. The van der Waals surface area contributed by atoms with E-state index in [9.17, 15) is 14.7 Å². The van der Waals surface area contributed by atoms with Crippen molar-refractivity contribution in [3.63, 3.8) is 0 Å². The first-order chi connectivity index (χ1) is 10.1. The normalized spacial score (nSPS) is 24.8. The van der Waals surface area contributed by atoms with Gasteiger partial charge in [0.2, 0.25) is 5.91 Å². The molecule has 1 heterocycles. The van der Waals surface area contributed by atoms with E-state index in [0.29, 0.717) is 32.6 Å². The van der Waals surface area contributed by atoms with Crippen molar-refractivity contribution in [2.75, 3.05) is 31.1 Å². The number of carboxylic acids is 1. The van der Waals surface area contributed by atoms with Gasteiger partial charge in [-0.05, 0) is 18.6 Å². The van der Waals surface area contributed by atoms with Gasteiger partial charge in [-0.3, -0.25) is 9.59 Å². The minimum atomic E-state index is -0.874. The Morgan fingerprint density at radius 1 is 1.05 bits per heavy atom. The van der Waals surface area contributed by atoms with Crippen LogP contribution in [0.1, 0.15) is 6.42 Å². The van der Waals surface area contributed by atoms with Crippen molar-refractivity contribution >= 4 is 17.6 Å². The van der Waals surface area contributed by atoms with Crippen molar-refractivity contribution in [2.45, 2.75) is 6.42 Å². The van der Waals surface area contributed by atoms with Gasteiger partial charge >= 0.3 is 5.97 Å². The molecule has 3 rings (SSSR count). The molecule has 1 aliphatic carbocycles. The number of benzene rings is 1. The van der Waals surface area contributed by atoms with E-state index in [0.717, 1.165) is 5.69 Å². The number of piperazine rings is 1. The van der Waals surface area contributed by atoms with E-state index in [1.165, 1.54) is 0 Å². The molecule has 112 valence electrons. The lowest BCUT2D eigenvalue weighted by Gasteiger charge is -2.36. The summed E-state index contributed by atoms with van der Waals surface area (Å²) < 4.78 is 0.